The highest BCUT2D eigenvalue weighted by Gasteiger charge is 2.16. The van der Waals surface area contributed by atoms with Crippen LogP contribution in [0.15, 0.2) is 16.9 Å². The molecule has 2 aromatic heterocycles. The van der Waals surface area contributed by atoms with Crippen LogP contribution in [0.5, 0.6) is 0 Å². The molecule has 1 N–H and O–H groups in total. The first kappa shape index (κ1) is 12.8. The van der Waals surface area contributed by atoms with E-state index in [1.165, 1.54) is 11.3 Å². The van der Waals surface area contributed by atoms with Crippen LogP contribution in [0.4, 0.5) is 0 Å². The SMILES string of the molecule is CCn1nc(C)c(C(C)NCc2ccon2)c1C. The maximum absolute atomic E-state index is 4.81. The predicted octanol–water partition coefficient (Wildman–Crippen LogP) is 2.36. The lowest BCUT2D eigenvalue weighted by Crippen LogP contribution is -2.19. The molecule has 0 aliphatic heterocycles. The second-order valence-electron chi connectivity index (χ2n) is 4.49. The van der Waals surface area contributed by atoms with Crippen molar-refractivity contribution in [3.8, 4) is 0 Å². The molecule has 0 saturated heterocycles. The van der Waals surface area contributed by atoms with Crippen LogP contribution in [0.1, 0.15) is 42.5 Å². The molecule has 0 aliphatic carbocycles. The minimum absolute atomic E-state index is 0.252. The van der Waals surface area contributed by atoms with Gasteiger partial charge in [0.05, 0.1) is 11.4 Å². The molecule has 5 heteroatoms. The number of aromatic nitrogens is 3. The van der Waals surface area contributed by atoms with Gasteiger partial charge in [0.1, 0.15) is 6.26 Å². The van der Waals surface area contributed by atoms with E-state index in [1.807, 2.05) is 10.7 Å². The maximum Gasteiger partial charge on any atom is 0.124 e. The van der Waals surface area contributed by atoms with Crippen molar-refractivity contribution >= 4 is 0 Å². The highest BCUT2D eigenvalue weighted by Crippen LogP contribution is 2.21. The first-order chi connectivity index (χ1) is 8.63. The van der Waals surface area contributed by atoms with E-state index in [0.29, 0.717) is 6.54 Å². The van der Waals surface area contributed by atoms with Crippen molar-refractivity contribution in [1.82, 2.24) is 20.3 Å². The Labute approximate surface area is 107 Å². The molecule has 0 aliphatic rings. The Hall–Kier alpha value is -1.62. The lowest BCUT2D eigenvalue weighted by molar-refractivity contribution is 0.406. The molecule has 0 fully saturated rings. The van der Waals surface area contributed by atoms with Crippen molar-refractivity contribution in [2.75, 3.05) is 0 Å². The third-order valence-corrected chi connectivity index (χ3v) is 3.25. The van der Waals surface area contributed by atoms with Gasteiger partial charge in [0, 0.05) is 36.5 Å². The van der Waals surface area contributed by atoms with Gasteiger partial charge in [-0.15, -0.1) is 0 Å². The van der Waals surface area contributed by atoms with Gasteiger partial charge in [-0.3, -0.25) is 4.68 Å². The molecule has 18 heavy (non-hydrogen) atoms. The zero-order chi connectivity index (χ0) is 13.1. The van der Waals surface area contributed by atoms with Gasteiger partial charge in [0.25, 0.3) is 0 Å². The third-order valence-electron chi connectivity index (χ3n) is 3.25. The highest BCUT2D eigenvalue weighted by atomic mass is 16.5. The average Bonchev–Trinajstić information content (AvgIpc) is 2.94. The molecule has 2 rings (SSSR count). The van der Waals surface area contributed by atoms with Crippen molar-refractivity contribution < 1.29 is 4.52 Å². The zero-order valence-electron chi connectivity index (χ0n) is 11.4. The Bertz CT molecular complexity index is 501. The Balaban J connectivity index is 2.08. The summed E-state index contributed by atoms with van der Waals surface area (Å²) in [5.41, 5.74) is 4.52. The summed E-state index contributed by atoms with van der Waals surface area (Å²) < 4.78 is 6.86. The smallest absolute Gasteiger partial charge is 0.124 e. The summed E-state index contributed by atoms with van der Waals surface area (Å²) in [5, 5.41) is 11.9. The predicted molar refractivity (Wildman–Crippen MR) is 69.1 cm³/mol. The minimum Gasteiger partial charge on any atom is -0.364 e. The number of aryl methyl sites for hydroxylation is 2. The molecular weight excluding hydrogens is 228 g/mol. The third kappa shape index (κ3) is 2.46. The van der Waals surface area contributed by atoms with Crippen LogP contribution in [0.3, 0.4) is 0 Å². The van der Waals surface area contributed by atoms with Crippen LogP contribution in [0, 0.1) is 13.8 Å². The molecule has 5 nitrogen and oxygen atoms in total. The lowest BCUT2D eigenvalue weighted by atomic mass is 10.1. The monoisotopic (exact) mass is 248 g/mol. The normalized spacial score (nSPS) is 12.9. The maximum atomic E-state index is 4.81. The summed E-state index contributed by atoms with van der Waals surface area (Å²) in [5.74, 6) is 0. The fourth-order valence-corrected chi connectivity index (χ4v) is 2.33. The molecule has 0 amide bonds. The second-order valence-corrected chi connectivity index (χ2v) is 4.49. The van der Waals surface area contributed by atoms with Gasteiger partial charge >= 0.3 is 0 Å². The van der Waals surface area contributed by atoms with Crippen LogP contribution in [0.25, 0.3) is 0 Å². The molecule has 0 saturated carbocycles. The molecule has 0 spiro atoms. The molecule has 0 radical (unpaired) electrons. The van der Waals surface area contributed by atoms with Gasteiger partial charge in [-0.05, 0) is 27.7 Å². The minimum atomic E-state index is 0.252. The van der Waals surface area contributed by atoms with E-state index in [0.717, 1.165) is 17.9 Å². The molecule has 98 valence electrons. The summed E-state index contributed by atoms with van der Waals surface area (Å²) in [6.45, 7) is 10.0. The number of nitrogens with zero attached hydrogens (tertiary/aromatic N) is 3. The Morgan fingerprint density at radius 3 is 2.78 bits per heavy atom. The van der Waals surface area contributed by atoms with Crippen molar-refractivity contribution in [3.05, 3.63) is 35.0 Å². The van der Waals surface area contributed by atoms with Crippen LogP contribution in [-0.4, -0.2) is 14.9 Å². The van der Waals surface area contributed by atoms with Crippen molar-refractivity contribution in [3.63, 3.8) is 0 Å². The van der Waals surface area contributed by atoms with Crippen molar-refractivity contribution in [1.29, 1.82) is 0 Å². The highest BCUT2D eigenvalue weighted by molar-refractivity contribution is 5.27. The van der Waals surface area contributed by atoms with Gasteiger partial charge in [-0.25, -0.2) is 0 Å². The van der Waals surface area contributed by atoms with Crippen LogP contribution >= 0.6 is 0 Å². The average molecular weight is 248 g/mol. The van der Waals surface area contributed by atoms with E-state index in [4.69, 9.17) is 4.52 Å². The lowest BCUT2D eigenvalue weighted by Gasteiger charge is -2.13. The largest absolute Gasteiger partial charge is 0.364 e. The van der Waals surface area contributed by atoms with Gasteiger partial charge in [-0.2, -0.15) is 5.10 Å². The molecular formula is C13H20N4O. The molecule has 1 unspecified atom stereocenters. The summed E-state index contributed by atoms with van der Waals surface area (Å²) >= 11 is 0. The topological polar surface area (TPSA) is 55.9 Å². The van der Waals surface area contributed by atoms with Crippen LogP contribution in [0.2, 0.25) is 0 Å². The van der Waals surface area contributed by atoms with Crippen LogP contribution in [-0.2, 0) is 13.1 Å². The van der Waals surface area contributed by atoms with E-state index in [9.17, 15) is 0 Å². The standard InChI is InChI=1S/C13H20N4O/c1-5-17-11(4)13(10(3)15-17)9(2)14-8-12-6-7-18-16-12/h6-7,9,14H,5,8H2,1-4H3. The molecule has 0 aromatic carbocycles. The van der Waals surface area contributed by atoms with Gasteiger partial charge in [0.2, 0.25) is 0 Å². The van der Waals surface area contributed by atoms with E-state index in [2.05, 4.69) is 43.3 Å². The first-order valence-corrected chi connectivity index (χ1v) is 6.30. The Morgan fingerprint density at radius 2 is 2.22 bits per heavy atom. The first-order valence-electron chi connectivity index (χ1n) is 6.30. The Kier molecular flexibility index (Phi) is 3.81. The van der Waals surface area contributed by atoms with E-state index < -0.39 is 0 Å². The van der Waals surface area contributed by atoms with E-state index in [-0.39, 0.29) is 6.04 Å². The van der Waals surface area contributed by atoms with Gasteiger partial charge in [0.15, 0.2) is 0 Å². The number of hydrogen-bond acceptors (Lipinski definition) is 4. The van der Waals surface area contributed by atoms with Crippen LogP contribution < -0.4 is 5.32 Å². The molecule has 0 bridgehead atoms. The number of hydrogen-bond donors (Lipinski definition) is 1. The number of nitrogens with one attached hydrogen (secondary N) is 1. The summed E-state index contributed by atoms with van der Waals surface area (Å²) in [7, 11) is 0. The fourth-order valence-electron chi connectivity index (χ4n) is 2.33. The van der Waals surface area contributed by atoms with E-state index >= 15 is 0 Å². The summed E-state index contributed by atoms with van der Waals surface area (Å²) in [4.78, 5) is 0. The second kappa shape index (κ2) is 5.35. The summed E-state index contributed by atoms with van der Waals surface area (Å²) in [6, 6.07) is 2.12. The Morgan fingerprint density at radius 1 is 1.44 bits per heavy atom. The number of rotatable bonds is 5. The quantitative estimate of drug-likeness (QED) is 0.882. The molecule has 2 heterocycles. The van der Waals surface area contributed by atoms with Gasteiger partial charge < -0.3 is 9.84 Å². The van der Waals surface area contributed by atoms with Crippen molar-refractivity contribution in [2.24, 2.45) is 0 Å². The van der Waals surface area contributed by atoms with Gasteiger partial charge in [-0.1, -0.05) is 5.16 Å². The zero-order valence-corrected chi connectivity index (χ0v) is 11.4. The molecule has 1 atom stereocenters. The summed E-state index contributed by atoms with van der Waals surface area (Å²) in [6.07, 6.45) is 1.59. The van der Waals surface area contributed by atoms with Crippen molar-refractivity contribution in [2.45, 2.75) is 46.8 Å². The van der Waals surface area contributed by atoms with E-state index in [1.54, 1.807) is 6.26 Å². The molecule has 2 aromatic rings. The fraction of sp³-hybridized carbons (Fsp3) is 0.538.